The van der Waals surface area contributed by atoms with E-state index in [-0.39, 0.29) is 15.6 Å². The van der Waals surface area contributed by atoms with Gasteiger partial charge in [0.15, 0.2) is 0 Å². The van der Waals surface area contributed by atoms with Gasteiger partial charge in [-0.05, 0) is 59.7 Å². The summed E-state index contributed by atoms with van der Waals surface area (Å²) in [5.74, 6) is -0.753. The highest BCUT2D eigenvalue weighted by Crippen LogP contribution is 2.28. The number of hydrogen-bond acceptors (Lipinski definition) is 6. The van der Waals surface area contributed by atoms with Gasteiger partial charge >= 0.3 is 0 Å². The quantitative estimate of drug-likeness (QED) is 0.387. The van der Waals surface area contributed by atoms with E-state index in [4.69, 9.17) is 10.5 Å². The first kappa shape index (κ1) is 21.1. The summed E-state index contributed by atoms with van der Waals surface area (Å²) in [5, 5.41) is 2.76. The second kappa shape index (κ2) is 8.56. The molecule has 9 heteroatoms. The molecule has 4 N–H and O–H groups in total. The van der Waals surface area contributed by atoms with Crippen molar-refractivity contribution >= 4 is 27.0 Å². The van der Waals surface area contributed by atoms with Crippen LogP contribution in [0.3, 0.4) is 0 Å². The highest BCUT2D eigenvalue weighted by Gasteiger charge is 2.16. The molecular weight excluding hydrogens is 429 g/mol. The second-order valence-corrected chi connectivity index (χ2v) is 8.97. The number of halogens is 1. The minimum absolute atomic E-state index is 0.183. The molecule has 0 spiro atoms. The molecule has 32 heavy (non-hydrogen) atoms. The van der Waals surface area contributed by atoms with E-state index in [1.165, 1.54) is 55.1 Å². The number of nitrogens with one attached hydrogen (secondary N) is 2. The molecule has 1 aromatic heterocycles. The van der Waals surface area contributed by atoms with Crippen LogP contribution in [0, 0.1) is 10.6 Å². The molecule has 1 amide bonds. The maximum Gasteiger partial charge on any atom is 0.255 e. The number of amides is 1. The lowest BCUT2D eigenvalue weighted by Gasteiger charge is -2.12. The second-order valence-electron chi connectivity index (χ2n) is 6.92. The standard InChI is InChI=1S/C23H18FN5O2S/c24-18-6-1-15(2-7-18)17-5-10-21(25)22(11-17)29-23(30)16-3-8-19(9-4-16)32(26,31)20-12-27-14-28-13-20/h1-14,26H,25H2,(H,29,30)/t32-/m1/s1. The lowest BCUT2D eigenvalue weighted by atomic mass is 10.0. The van der Waals surface area contributed by atoms with Crippen molar-refractivity contribution in [3.63, 3.8) is 0 Å². The van der Waals surface area contributed by atoms with Gasteiger partial charge in [0.2, 0.25) is 0 Å². The van der Waals surface area contributed by atoms with Crippen molar-refractivity contribution in [2.75, 3.05) is 11.1 Å². The SMILES string of the molecule is N=[S@@](=O)(c1ccc(C(=O)Nc2cc(-c3ccc(F)cc3)ccc2N)cc1)c1cncnc1. The van der Waals surface area contributed by atoms with Crippen LogP contribution < -0.4 is 11.1 Å². The van der Waals surface area contributed by atoms with Gasteiger partial charge in [-0.15, -0.1) is 0 Å². The molecule has 0 aliphatic heterocycles. The third kappa shape index (κ3) is 4.33. The zero-order chi connectivity index (χ0) is 22.7. The molecule has 4 aromatic rings. The molecule has 1 atom stereocenters. The Bertz CT molecular complexity index is 1370. The van der Waals surface area contributed by atoms with Gasteiger partial charge < -0.3 is 11.1 Å². The number of carbonyl (C=O) groups is 1. The van der Waals surface area contributed by atoms with Gasteiger partial charge in [-0.1, -0.05) is 18.2 Å². The summed E-state index contributed by atoms with van der Waals surface area (Å²) in [4.78, 5) is 20.8. The Hall–Kier alpha value is -4.11. The van der Waals surface area contributed by atoms with Crippen molar-refractivity contribution in [2.45, 2.75) is 9.79 Å². The summed E-state index contributed by atoms with van der Waals surface area (Å²) in [5.41, 5.74) is 8.65. The topological polar surface area (TPSA) is 122 Å². The number of nitrogens with zero attached hydrogens (tertiary/aromatic N) is 2. The van der Waals surface area contributed by atoms with Crippen LogP contribution in [-0.2, 0) is 9.73 Å². The Balaban J connectivity index is 1.56. The van der Waals surface area contributed by atoms with E-state index in [9.17, 15) is 13.4 Å². The average molecular weight is 447 g/mol. The molecular formula is C23H18FN5O2S. The first-order valence-electron chi connectivity index (χ1n) is 9.45. The highest BCUT2D eigenvalue weighted by atomic mass is 32.2. The van der Waals surface area contributed by atoms with Crippen molar-refractivity contribution in [3.8, 4) is 11.1 Å². The fourth-order valence-corrected chi connectivity index (χ4v) is 4.26. The molecule has 0 radical (unpaired) electrons. The van der Waals surface area contributed by atoms with Crippen molar-refractivity contribution in [1.82, 2.24) is 9.97 Å². The number of benzene rings is 3. The molecule has 3 aromatic carbocycles. The van der Waals surface area contributed by atoms with Crippen molar-refractivity contribution in [1.29, 1.82) is 4.78 Å². The summed E-state index contributed by atoms with van der Waals surface area (Å²) >= 11 is 0. The molecule has 4 rings (SSSR count). The minimum atomic E-state index is -3.29. The summed E-state index contributed by atoms with van der Waals surface area (Å²) in [7, 11) is -3.29. The molecule has 0 saturated carbocycles. The Morgan fingerprint density at radius 1 is 0.906 bits per heavy atom. The number of nitrogen functional groups attached to an aromatic ring is 1. The van der Waals surface area contributed by atoms with Crippen LogP contribution in [-0.4, -0.2) is 20.1 Å². The van der Waals surface area contributed by atoms with Gasteiger partial charge in [0.1, 0.15) is 21.9 Å². The highest BCUT2D eigenvalue weighted by molar-refractivity contribution is 7.92. The molecule has 0 saturated heterocycles. The molecule has 0 aliphatic rings. The smallest absolute Gasteiger partial charge is 0.255 e. The van der Waals surface area contributed by atoms with E-state index in [1.54, 1.807) is 30.3 Å². The first-order valence-corrected chi connectivity index (χ1v) is 11.0. The van der Waals surface area contributed by atoms with Crippen LogP contribution in [0.1, 0.15) is 10.4 Å². The average Bonchev–Trinajstić information content (AvgIpc) is 2.81. The Morgan fingerprint density at radius 2 is 1.53 bits per heavy atom. The van der Waals surface area contributed by atoms with E-state index in [0.29, 0.717) is 16.9 Å². The van der Waals surface area contributed by atoms with E-state index in [2.05, 4.69) is 15.3 Å². The third-order valence-electron chi connectivity index (χ3n) is 4.80. The maximum atomic E-state index is 13.2. The maximum absolute atomic E-state index is 13.2. The molecule has 0 bridgehead atoms. The van der Waals surface area contributed by atoms with Gasteiger partial charge in [0, 0.05) is 18.0 Å². The van der Waals surface area contributed by atoms with Gasteiger partial charge in [-0.3, -0.25) is 4.79 Å². The van der Waals surface area contributed by atoms with Crippen LogP contribution in [0.2, 0.25) is 0 Å². The van der Waals surface area contributed by atoms with Gasteiger partial charge in [-0.25, -0.2) is 23.3 Å². The van der Waals surface area contributed by atoms with Crippen LogP contribution >= 0.6 is 0 Å². The monoisotopic (exact) mass is 447 g/mol. The van der Waals surface area contributed by atoms with Crippen molar-refractivity contribution < 1.29 is 13.4 Å². The fraction of sp³-hybridized carbons (Fsp3) is 0. The number of hydrogen-bond donors (Lipinski definition) is 3. The minimum Gasteiger partial charge on any atom is -0.397 e. The van der Waals surface area contributed by atoms with E-state index < -0.39 is 15.6 Å². The lowest BCUT2D eigenvalue weighted by molar-refractivity contribution is 0.102. The molecule has 0 unspecified atom stereocenters. The number of rotatable bonds is 5. The van der Waals surface area contributed by atoms with Gasteiger partial charge in [0.25, 0.3) is 5.91 Å². The number of aromatic nitrogens is 2. The normalized spacial score (nSPS) is 12.7. The van der Waals surface area contributed by atoms with E-state index >= 15 is 0 Å². The zero-order valence-electron chi connectivity index (χ0n) is 16.7. The lowest BCUT2D eigenvalue weighted by Crippen LogP contribution is -2.13. The number of carbonyl (C=O) groups excluding carboxylic acids is 1. The third-order valence-corrected chi connectivity index (χ3v) is 6.61. The molecule has 0 aliphatic carbocycles. The van der Waals surface area contributed by atoms with E-state index in [0.717, 1.165) is 11.1 Å². The number of anilines is 2. The van der Waals surface area contributed by atoms with Crippen LogP contribution in [0.15, 0.2) is 95.2 Å². The fourth-order valence-electron chi connectivity index (χ4n) is 3.05. The van der Waals surface area contributed by atoms with Crippen molar-refractivity contribution in [3.05, 3.63) is 96.8 Å². The Morgan fingerprint density at radius 3 is 2.19 bits per heavy atom. The van der Waals surface area contributed by atoms with Crippen LogP contribution in [0.25, 0.3) is 11.1 Å². The summed E-state index contributed by atoms with van der Waals surface area (Å²) < 4.78 is 34.3. The molecule has 1 heterocycles. The molecule has 160 valence electrons. The van der Waals surface area contributed by atoms with Crippen molar-refractivity contribution in [2.24, 2.45) is 0 Å². The summed E-state index contributed by atoms with van der Waals surface area (Å²) in [6.45, 7) is 0. The predicted octanol–water partition coefficient (Wildman–Crippen LogP) is 4.58. The molecule has 0 fully saturated rings. The Labute approximate surface area is 184 Å². The number of nitrogens with two attached hydrogens (primary N) is 1. The van der Waals surface area contributed by atoms with Crippen LogP contribution in [0.5, 0.6) is 0 Å². The van der Waals surface area contributed by atoms with Gasteiger partial charge in [-0.2, -0.15) is 0 Å². The predicted molar refractivity (Wildman–Crippen MR) is 120 cm³/mol. The van der Waals surface area contributed by atoms with E-state index in [1.807, 2.05) is 0 Å². The Kier molecular flexibility index (Phi) is 5.65. The first-order chi connectivity index (χ1) is 15.3. The summed E-state index contributed by atoms with van der Waals surface area (Å²) in [6, 6.07) is 17.1. The van der Waals surface area contributed by atoms with Crippen LogP contribution in [0.4, 0.5) is 15.8 Å². The zero-order valence-corrected chi connectivity index (χ0v) is 17.5. The largest absolute Gasteiger partial charge is 0.397 e. The van der Waals surface area contributed by atoms with Gasteiger partial charge in [0.05, 0.1) is 21.2 Å². The summed E-state index contributed by atoms with van der Waals surface area (Å²) in [6.07, 6.45) is 3.96. The molecule has 7 nitrogen and oxygen atoms in total.